The first-order chi connectivity index (χ1) is 33.8. The number of aliphatic hydroxyl groups excluding tert-OH is 2. The maximum Gasteiger partial charge on any atom is 0.187 e. The van der Waals surface area contributed by atoms with Crippen LogP contribution in [0.5, 0.6) is 0 Å². The molecule has 1 aliphatic carbocycles. The van der Waals surface area contributed by atoms with Crippen molar-refractivity contribution in [3.8, 4) is 28.6 Å². The molecule has 5 fully saturated rings. The fraction of sp³-hybridized carbons (Fsp3) is 0.449. The average Bonchev–Trinajstić information content (AvgIpc) is 4.12. The lowest BCUT2D eigenvalue weighted by atomic mass is 9.90. The number of hydrogen-bond acceptors (Lipinski definition) is 16. The normalized spacial score (nSPS) is 24.9. The number of anilines is 3. The summed E-state index contributed by atoms with van der Waals surface area (Å²) in [5.74, 6) is 1.07. The molecule has 12 rings (SSSR count). The summed E-state index contributed by atoms with van der Waals surface area (Å²) in [7, 11) is 1.72. The van der Waals surface area contributed by atoms with E-state index in [1.807, 2.05) is 55.1 Å². The number of morpholine rings is 1. The molecule has 10 heterocycles. The van der Waals surface area contributed by atoms with Gasteiger partial charge in [0.2, 0.25) is 0 Å². The van der Waals surface area contributed by atoms with Crippen molar-refractivity contribution in [1.82, 2.24) is 59.2 Å². The Labute approximate surface area is 397 Å². The van der Waals surface area contributed by atoms with Crippen molar-refractivity contribution in [2.24, 2.45) is 7.05 Å². The van der Waals surface area contributed by atoms with E-state index >= 15 is 4.39 Å². The zero-order chi connectivity index (χ0) is 46.8. The Balaban J connectivity index is 0.694. The van der Waals surface area contributed by atoms with E-state index in [-0.39, 0.29) is 23.9 Å². The maximum atomic E-state index is 16.3. The number of nitrogens with one attached hydrogen (secondary N) is 1. The minimum Gasteiger partial charge on any atom is -0.378 e. The first kappa shape index (κ1) is 43.7. The molecule has 4 atom stereocenters. The van der Waals surface area contributed by atoms with Crippen LogP contribution in [-0.2, 0) is 18.3 Å². The third kappa shape index (κ3) is 8.11. The van der Waals surface area contributed by atoms with Crippen LogP contribution < -0.4 is 20.0 Å². The molecule has 0 radical (unpaired) electrons. The van der Waals surface area contributed by atoms with E-state index in [0.29, 0.717) is 77.1 Å². The van der Waals surface area contributed by atoms with Crippen LogP contribution in [0.3, 0.4) is 0 Å². The predicted octanol–water partition coefficient (Wildman–Crippen LogP) is 3.74. The SMILES string of the molecule is Cn1nc(N2CCC(O)NC2O)c2ccc(N3CCN(C4CCC(n5cc(-c6cn7ncc(C#N)c7c(-c7ccc(N8C[C@H]9COC[C@@H](C8)N9Cc8ccccn8)nc7)n6)cn5)CC4)CC3)c(F)c21. The minimum absolute atomic E-state index is 0.228. The van der Waals surface area contributed by atoms with Crippen LogP contribution in [-0.4, -0.2) is 154 Å². The number of aryl methyl sites for hydroxylation is 1. The van der Waals surface area contributed by atoms with Gasteiger partial charge < -0.3 is 29.6 Å². The smallest absolute Gasteiger partial charge is 0.187 e. The highest BCUT2D eigenvalue weighted by Gasteiger charge is 2.39. The average molecular weight is 935 g/mol. The molecule has 69 heavy (non-hydrogen) atoms. The van der Waals surface area contributed by atoms with E-state index in [4.69, 9.17) is 19.8 Å². The standard InChI is InChI=1S/C49H55FN16O3/c1-59-47-39(48(58-59)63-15-13-43(67)57-49(63)68)10-11-41(44(47)50)61-18-16-60(17-19-61)35-6-8-36(9-7-35)65-24-33(23-54-65)40-28-66-46(32(20-51)22-55-66)45(56-40)31-5-12-42(53-21-31)62-26-37-29-69-30-38(27-62)64(37)25-34-4-2-3-14-52-34/h2-5,10-12,14,21-24,28,35-38,43,49,57,67-68H,6-9,13,15-19,25-27,29-30H2,1H3/t35?,36?,37-,38+,43?,49?. The lowest BCUT2D eigenvalue weighted by molar-refractivity contribution is -0.0625. The van der Waals surface area contributed by atoms with E-state index in [1.165, 1.54) is 0 Å². The lowest BCUT2D eigenvalue weighted by Gasteiger charge is -2.50. The van der Waals surface area contributed by atoms with E-state index < -0.39 is 12.6 Å². The lowest BCUT2D eigenvalue weighted by Crippen LogP contribution is -2.64. The number of aliphatic hydroxyl groups is 2. The Hall–Kier alpha value is -6.60. The number of rotatable bonds is 9. The summed E-state index contributed by atoms with van der Waals surface area (Å²) in [6.45, 7) is 7.25. The van der Waals surface area contributed by atoms with E-state index in [2.05, 4.69) is 69.2 Å². The molecule has 356 valence electrons. The van der Waals surface area contributed by atoms with Gasteiger partial charge in [0.15, 0.2) is 18.0 Å². The van der Waals surface area contributed by atoms with Crippen LogP contribution in [0.1, 0.15) is 49.4 Å². The number of halogens is 1. The first-order valence-electron chi connectivity index (χ1n) is 24.1. The Morgan fingerprint density at radius 3 is 2.36 bits per heavy atom. The summed E-state index contributed by atoms with van der Waals surface area (Å²) in [4.78, 5) is 25.9. The van der Waals surface area contributed by atoms with Crippen molar-refractivity contribution in [3.63, 3.8) is 0 Å². The topological polar surface area (TPSA) is 193 Å². The predicted molar refractivity (Wildman–Crippen MR) is 255 cm³/mol. The third-order valence-corrected chi connectivity index (χ3v) is 15.0. The molecular weight excluding hydrogens is 880 g/mol. The van der Waals surface area contributed by atoms with Gasteiger partial charge in [0.25, 0.3) is 0 Å². The first-order valence-corrected chi connectivity index (χ1v) is 24.1. The summed E-state index contributed by atoms with van der Waals surface area (Å²) >= 11 is 0. The van der Waals surface area contributed by atoms with E-state index in [9.17, 15) is 15.5 Å². The molecule has 1 aromatic carbocycles. The minimum atomic E-state index is -1.11. The van der Waals surface area contributed by atoms with Crippen molar-refractivity contribution in [2.45, 2.75) is 75.4 Å². The van der Waals surface area contributed by atoms with Crippen molar-refractivity contribution < 1.29 is 19.3 Å². The molecule has 3 N–H and O–H groups in total. The van der Waals surface area contributed by atoms with Crippen LogP contribution in [0, 0.1) is 17.1 Å². The Bertz CT molecular complexity index is 3000. The van der Waals surface area contributed by atoms with Crippen LogP contribution in [0.4, 0.5) is 21.7 Å². The fourth-order valence-corrected chi connectivity index (χ4v) is 11.4. The van der Waals surface area contributed by atoms with Crippen LogP contribution in [0.25, 0.3) is 38.9 Å². The van der Waals surface area contributed by atoms with Gasteiger partial charge in [0.1, 0.15) is 34.7 Å². The molecule has 2 unspecified atom stereocenters. The molecule has 4 saturated heterocycles. The zero-order valence-corrected chi connectivity index (χ0v) is 38.5. The van der Waals surface area contributed by atoms with Gasteiger partial charge in [0.05, 0.1) is 72.7 Å². The number of pyridine rings is 2. The molecule has 6 aromatic heterocycles. The van der Waals surface area contributed by atoms with Crippen LogP contribution in [0.15, 0.2) is 79.6 Å². The number of piperazine rings is 2. The number of nitriles is 1. The molecule has 1 saturated carbocycles. The van der Waals surface area contributed by atoms with Gasteiger partial charge in [-0.15, -0.1) is 0 Å². The van der Waals surface area contributed by atoms with Gasteiger partial charge in [-0.3, -0.25) is 24.1 Å². The maximum absolute atomic E-state index is 16.3. The van der Waals surface area contributed by atoms with Gasteiger partial charge >= 0.3 is 0 Å². The molecule has 5 aliphatic rings. The second kappa shape index (κ2) is 18.0. The highest BCUT2D eigenvalue weighted by molar-refractivity contribution is 5.93. The van der Waals surface area contributed by atoms with Gasteiger partial charge in [-0.05, 0) is 62.1 Å². The van der Waals surface area contributed by atoms with E-state index in [1.54, 1.807) is 27.3 Å². The van der Waals surface area contributed by atoms with Crippen molar-refractivity contribution in [3.05, 3.63) is 96.7 Å². The molecule has 7 aromatic rings. The Kier molecular flexibility index (Phi) is 11.4. The van der Waals surface area contributed by atoms with E-state index in [0.717, 1.165) is 94.1 Å². The van der Waals surface area contributed by atoms with Crippen molar-refractivity contribution in [2.75, 3.05) is 73.7 Å². The molecule has 2 bridgehead atoms. The molecule has 4 aliphatic heterocycles. The van der Waals surface area contributed by atoms with Gasteiger partial charge in [-0.25, -0.2) is 24.2 Å². The van der Waals surface area contributed by atoms with Gasteiger partial charge in [-0.2, -0.15) is 20.6 Å². The summed E-state index contributed by atoms with van der Waals surface area (Å²) in [6, 6.07) is 17.3. The summed E-state index contributed by atoms with van der Waals surface area (Å²) < 4.78 is 27.6. The fourth-order valence-electron chi connectivity index (χ4n) is 11.4. The largest absolute Gasteiger partial charge is 0.378 e. The summed E-state index contributed by atoms with van der Waals surface area (Å²) in [5.41, 5.74) is 6.14. The summed E-state index contributed by atoms with van der Waals surface area (Å²) in [5, 5.41) is 47.9. The number of nitrogens with zero attached hydrogens (tertiary/aromatic N) is 15. The number of hydrogen-bond donors (Lipinski definition) is 3. The quantitative estimate of drug-likeness (QED) is 0.190. The monoisotopic (exact) mass is 934 g/mol. The highest BCUT2D eigenvalue weighted by atomic mass is 19.1. The molecular formula is C49H55FN16O3. The number of fused-ring (bicyclic) bond motifs is 4. The van der Waals surface area contributed by atoms with Crippen molar-refractivity contribution in [1.29, 1.82) is 5.26 Å². The highest BCUT2D eigenvalue weighted by Crippen LogP contribution is 2.37. The molecule has 20 heteroatoms. The molecule has 0 amide bonds. The number of benzene rings is 1. The number of ether oxygens (including phenoxy) is 1. The molecule has 0 spiro atoms. The second-order valence-electron chi connectivity index (χ2n) is 19.1. The van der Waals surface area contributed by atoms with Gasteiger partial charge in [-0.1, -0.05) is 6.07 Å². The van der Waals surface area contributed by atoms with Gasteiger partial charge in [0, 0.05) is 107 Å². The Morgan fingerprint density at radius 1 is 0.812 bits per heavy atom. The summed E-state index contributed by atoms with van der Waals surface area (Å²) in [6.07, 6.45) is 13.7. The second-order valence-corrected chi connectivity index (χ2v) is 19.1. The third-order valence-electron chi connectivity index (χ3n) is 15.0. The van der Waals surface area contributed by atoms with Crippen LogP contribution in [0.2, 0.25) is 0 Å². The molecule has 19 nitrogen and oxygen atoms in total. The van der Waals surface area contributed by atoms with Crippen molar-refractivity contribution >= 4 is 33.7 Å². The number of aromatic nitrogens is 9. The Morgan fingerprint density at radius 2 is 1.62 bits per heavy atom. The zero-order valence-electron chi connectivity index (χ0n) is 38.5. The van der Waals surface area contributed by atoms with Crippen LogP contribution >= 0.6 is 0 Å².